The molecule has 0 saturated carbocycles. The number of rotatable bonds is 4. The van der Waals surface area contributed by atoms with Gasteiger partial charge < -0.3 is 5.73 Å². The first-order chi connectivity index (χ1) is 8.16. The second-order valence-electron chi connectivity index (χ2n) is 4.22. The Balaban J connectivity index is 3.33. The Morgan fingerprint density at radius 3 is 2.44 bits per heavy atom. The van der Waals surface area contributed by atoms with E-state index in [1.165, 1.54) is 0 Å². The van der Waals surface area contributed by atoms with Gasteiger partial charge in [-0.25, -0.2) is 13.1 Å². The van der Waals surface area contributed by atoms with Crippen LogP contribution in [0.15, 0.2) is 22.0 Å². The Hall–Kier alpha value is -0.850. The van der Waals surface area contributed by atoms with Gasteiger partial charge in [0.2, 0.25) is 10.0 Å². The topological polar surface area (TPSA) is 72.2 Å². The molecular weight excluding hydrogens is 316 g/mol. The van der Waals surface area contributed by atoms with E-state index in [9.17, 15) is 8.42 Å². The molecule has 0 bridgehead atoms. The highest BCUT2D eigenvalue weighted by Crippen LogP contribution is 2.27. The molecule has 0 amide bonds. The minimum absolute atomic E-state index is 0.148. The third-order valence-electron chi connectivity index (χ3n) is 2.68. The zero-order chi connectivity index (χ0) is 14.1. The lowest BCUT2D eigenvalue weighted by Crippen LogP contribution is -2.26. The molecule has 0 aromatic heterocycles. The maximum Gasteiger partial charge on any atom is 0.241 e. The summed E-state index contributed by atoms with van der Waals surface area (Å²) < 4.78 is 27.5. The van der Waals surface area contributed by atoms with Gasteiger partial charge >= 0.3 is 0 Å². The number of nitrogens with one attached hydrogen (secondary N) is 1. The molecule has 0 aliphatic rings. The van der Waals surface area contributed by atoms with E-state index in [-0.39, 0.29) is 11.4 Å². The number of benzene rings is 1. The fraction of sp³-hybridized carbons (Fsp3) is 0.333. The van der Waals surface area contributed by atoms with Crippen LogP contribution in [0.25, 0.3) is 0 Å². The van der Waals surface area contributed by atoms with Crippen molar-refractivity contribution < 1.29 is 8.42 Å². The fourth-order valence-electron chi connectivity index (χ4n) is 1.84. The summed E-state index contributed by atoms with van der Waals surface area (Å²) in [5, 5.41) is 0. The van der Waals surface area contributed by atoms with E-state index in [1.807, 2.05) is 6.92 Å². The molecule has 0 saturated heterocycles. The van der Waals surface area contributed by atoms with Crippen molar-refractivity contribution in [1.82, 2.24) is 4.72 Å². The largest absolute Gasteiger partial charge is 0.398 e. The van der Waals surface area contributed by atoms with Crippen molar-refractivity contribution in [2.24, 2.45) is 0 Å². The predicted octanol–water partition coefficient (Wildman–Crippen LogP) is 2.38. The first-order valence-corrected chi connectivity index (χ1v) is 7.63. The van der Waals surface area contributed by atoms with Crippen LogP contribution in [0.3, 0.4) is 0 Å². The molecule has 1 rings (SSSR count). The summed E-state index contributed by atoms with van der Waals surface area (Å²) in [6.07, 6.45) is 0. The van der Waals surface area contributed by atoms with Crippen LogP contribution in [0, 0.1) is 20.8 Å². The Morgan fingerprint density at radius 2 is 1.94 bits per heavy atom. The highest BCUT2D eigenvalue weighted by molar-refractivity contribution is 9.11. The summed E-state index contributed by atoms with van der Waals surface area (Å²) in [6.45, 7) is 9.08. The number of hydrogen-bond acceptors (Lipinski definition) is 3. The van der Waals surface area contributed by atoms with Crippen LogP contribution in [0.4, 0.5) is 5.69 Å². The number of aryl methyl sites for hydroxylation is 2. The standard InChI is InChI=1S/C12H17BrN2O2S/c1-7-5-8(2)12(10(4)11(7)14)18(16,17)15-6-9(3)13/h5,15H,3,6,14H2,1-2,4H3. The molecule has 3 N–H and O–H groups in total. The summed E-state index contributed by atoms with van der Waals surface area (Å²) in [6, 6.07) is 1.78. The van der Waals surface area contributed by atoms with Crippen molar-refractivity contribution in [2.75, 3.05) is 12.3 Å². The minimum atomic E-state index is -3.58. The van der Waals surface area contributed by atoms with Crippen LogP contribution in [0.2, 0.25) is 0 Å². The monoisotopic (exact) mass is 332 g/mol. The highest BCUT2D eigenvalue weighted by Gasteiger charge is 2.21. The fourth-order valence-corrected chi connectivity index (χ4v) is 3.67. The zero-order valence-corrected chi connectivity index (χ0v) is 13.1. The third-order valence-corrected chi connectivity index (χ3v) is 4.65. The molecule has 0 heterocycles. The van der Waals surface area contributed by atoms with Gasteiger partial charge in [-0.05, 0) is 37.5 Å². The summed E-state index contributed by atoms with van der Waals surface area (Å²) in [5.41, 5.74) is 8.55. The van der Waals surface area contributed by atoms with E-state index < -0.39 is 10.0 Å². The summed E-state index contributed by atoms with van der Waals surface area (Å²) in [7, 11) is -3.58. The van der Waals surface area contributed by atoms with Crippen LogP contribution < -0.4 is 10.5 Å². The molecular formula is C12H17BrN2O2S. The zero-order valence-electron chi connectivity index (χ0n) is 10.7. The number of anilines is 1. The van der Waals surface area contributed by atoms with E-state index in [0.717, 1.165) is 5.56 Å². The molecule has 0 spiro atoms. The van der Waals surface area contributed by atoms with Gasteiger partial charge in [0.05, 0.1) is 4.90 Å². The maximum absolute atomic E-state index is 12.2. The number of nitrogens with two attached hydrogens (primary N) is 1. The van der Waals surface area contributed by atoms with Crippen LogP contribution >= 0.6 is 15.9 Å². The molecule has 1 aromatic carbocycles. The van der Waals surface area contributed by atoms with Crippen molar-refractivity contribution in [1.29, 1.82) is 0 Å². The first kappa shape index (κ1) is 15.2. The van der Waals surface area contributed by atoms with Gasteiger partial charge in [0, 0.05) is 16.7 Å². The number of nitrogen functional groups attached to an aromatic ring is 1. The molecule has 1 aromatic rings. The van der Waals surface area contributed by atoms with Gasteiger partial charge in [0.1, 0.15) is 0 Å². The quantitative estimate of drug-likeness (QED) is 0.831. The van der Waals surface area contributed by atoms with Gasteiger partial charge in [0.25, 0.3) is 0 Å². The van der Waals surface area contributed by atoms with E-state index >= 15 is 0 Å². The van der Waals surface area contributed by atoms with Crippen molar-refractivity contribution in [2.45, 2.75) is 25.7 Å². The second kappa shape index (κ2) is 5.42. The molecule has 18 heavy (non-hydrogen) atoms. The normalized spacial score (nSPS) is 11.6. The Kier molecular flexibility index (Phi) is 4.58. The molecule has 0 aliphatic carbocycles. The van der Waals surface area contributed by atoms with Crippen LogP contribution in [0.1, 0.15) is 16.7 Å². The minimum Gasteiger partial charge on any atom is -0.398 e. The van der Waals surface area contributed by atoms with Crippen molar-refractivity contribution >= 4 is 31.6 Å². The molecule has 0 fully saturated rings. The van der Waals surface area contributed by atoms with Crippen LogP contribution in [0.5, 0.6) is 0 Å². The molecule has 4 nitrogen and oxygen atoms in total. The smallest absolute Gasteiger partial charge is 0.241 e. The molecule has 0 aliphatic heterocycles. The van der Waals surface area contributed by atoms with Crippen molar-refractivity contribution in [3.8, 4) is 0 Å². The lowest BCUT2D eigenvalue weighted by molar-refractivity contribution is 0.584. The average molecular weight is 333 g/mol. The Labute approximate surface area is 116 Å². The lowest BCUT2D eigenvalue weighted by atomic mass is 10.1. The van der Waals surface area contributed by atoms with E-state index in [2.05, 4.69) is 27.2 Å². The first-order valence-electron chi connectivity index (χ1n) is 5.36. The molecule has 0 radical (unpaired) electrons. The van der Waals surface area contributed by atoms with Crippen molar-refractivity contribution in [3.05, 3.63) is 33.8 Å². The second-order valence-corrected chi connectivity index (χ2v) is 7.05. The van der Waals surface area contributed by atoms with Gasteiger partial charge in [-0.15, -0.1) is 0 Å². The summed E-state index contributed by atoms with van der Waals surface area (Å²) in [4.78, 5) is 0.249. The SMILES string of the molecule is C=C(Br)CNS(=O)(=O)c1c(C)cc(C)c(N)c1C. The van der Waals surface area contributed by atoms with Gasteiger partial charge in [0.15, 0.2) is 0 Å². The van der Waals surface area contributed by atoms with E-state index in [1.54, 1.807) is 19.9 Å². The molecule has 0 unspecified atom stereocenters. The van der Waals surface area contributed by atoms with Crippen LogP contribution in [-0.4, -0.2) is 15.0 Å². The number of sulfonamides is 1. The lowest BCUT2D eigenvalue weighted by Gasteiger charge is -2.15. The summed E-state index contributed by atoms with van der Waals surface area (Å²) >= 11 is 3.12. The molecule has 0 atom stereocenters. The van der Waals surface area contributed by atoms with Crippen molar-refractivity contribution in [3.63, 3.8) is 0 Å². The third kappa shape index (κ3) is 3.13. The van der Waals surface area contributed by atoms with Gasteiger partial charge in [-0.3, -0.25) is 0 Å². The van der Waals surface area contributed by atoms with E-state index in [4.69, 9.17) is 5.73 Å². The Bertz CT molecular complexity index is 595. The average Bonchev–Trinajstić information content (AvgIpc) is 2.23. The number of hydrogen-bond donors (Lipinski definition) is 2. The molecule has 100 valence electrons. The van der Waals surface area contributed by atoms with Gasteiger partial charge in [-0.2, -0.15) is 0 Å². The van der Waals surface area contributed by atoms with Gasteiger partial charge in [-0.1, -0.05) is 28.6 Å². The predicted molar refractivity (Wildman–Crippen MR) is 78.3 cm³/mol. The Morgan fingerprint density at radius 1 is 1.39 bits per heavy atom. The van der Waals surface area contributed by atoms with Crippen LogP contribution in [-0.2, 0) is 10.0 Å². The number of halogens is 1. The maximum atomic E-state index is 12.2. The summed E-state index contributed by atoms with van der Waals surface area (Å²) in [5.74, 6) is 0. The van der Waals surface area contributed by atoms with E-state index in [0.29, 0.717) is 21.3 Å². The molecule has 6 heteroatoms. The highest BCUT2D eigenvalue weighted by atomic mass is 79.9.